The molecule has 0 fully saturated rings. The second-order valence-corrected chi connectivity index (χ2v) is 5.20. The van der Waals surface area contributed by atoms with E-state index in [0.29, 0.717) is 0 Å². The van der Waals surface area contributed by atoms with E-state index in [1.807, 2.05) is 0 Å². The highest BCUT2D eigenvalue weighted by atomic mass is 15.2. The predicted octanol–water partition coefficient (Wildman–Crippen LogP) is 3.87. The maximum atomic E-state index is 2.42. The largest absolute Gasteiger partial charge is 0.351 e. The van der Waals surface area contributed by atoms with Crippen LogP contribution in [-0.4, -0.2) is 11.1 Å². The molecule has 1 aliphatic rings. The fourth-order valence-electron chi connectivity index (χ4n) is 3.04. The SMILES string of the molecule is Cn1ccc2cc(N3CCc4ccccc43)ccc21. The molecule has 2 aromatic carbocycles. The average molecular weight is 248 g/mol. The fraction of sp³-hybridized carbons (Fsp3) is 0.176. The zero-order valence-corrected chi connectivity index (χ0v) is 11.0. The third kappa shape index (κ3) is 1.56. The van der Waals surface area contributed by atoms with Crippen LogP contribution >= 0.6 is 0 Å². The van der Waals surface area contributed by atoms with E-state index in [9.17, 15) is 0 Å². The molecule has 4 rings (SSSR count). The van der Waals surface area contributed by atoms with Gasteiger partial charge in [-0.05, 0) is 42.3 Å². The summed E-state index contributed by atoms with van der Waals surface area (Å²) in [5.74, 6) is 0. The number of para-hydroxylation sites is 1. The average Bonchev–Trinajstić information content (AvgIpc) is 3.03. The van der Waals surface area contributed by atoms with Crippen molar-refractivity contribution in [1.82, 2.24) is 4.57 Å². The number of nitrogens with zero attached hydrogens (tertiary/aromatic N) is 2. The molecule has 3 aromatic rings. The highest BCUT2D eigenvalue weighted by Crippen LogP contribution is 2.35. The molecule has 0 radical (unpaired) electrons. The summed E-state index contributed by atoms with van der Waals surface area (Å²) in [5.41, 5.74) is 5.40. The van der Waals surface area contributed by atoms with Gasteiger partial charge in [0.1, 0.15) is 0 Å². The number of aromatic nitrogens is 1. The van der Waals surface area contributed by atoms with E-state index in [4.69, 9.17) is 0 Å². The molecule has 0 bridgehead atoms. The minimum Gasteiger partial charge on any atom is -0.351 e. The maximum Gasteiger partial charge on any atom is 0.0479 e. The Morgan fingerprint density at radius 2 is 1.89 bits per heavy atom. The van der Waals surface area contributed by atoms with Gasteiger partial charge in [0, 0.05) is 42.1 Å². The lowest BCUT2D eigenvalue weighted by molar-refractivity contribution is 0.968. The van der Waals surface area contributed by atoms with Crippen molar-refractivity contribution in [2.45, 2.75) is 6.42 Å². The monoisotopic (exact) mass is 248 g/mol. The molecule has 0 aliphatic carbocycles. The lowest BCUT2D eigenvalue weighted by Crippen LogP contribution is -2.12. The molecule has 0 spiro atoms. The third-order valence-corrected chi connectivity index (χ3v) is 4.07. The molecule has 2 nitrogen and oxygen atoms in total. The van der Waals surface area contributed by atoms with E-state index < -0.39 is 0 Å². The number of aryl methyl sites for hydroxylation is 1. The standard InChI is InChI=1S/C17H16N2/c1-18-10-8-14-12-15(6-7-16(14)18)19-11-9-13-4-2-3-5-17(13)19/h2-8,10,12H,9,11H2,1H3. The van der Waals surface area contributed by atoms with E-state index in [1.165, 1.54) is 27.8 Å². The van der Waals surface area contributed by atoms with Gasteiger partial charge in [-0.1, -0.05) is 18.2 Å². The Kier molecular flexibility index (Phi) is 2.18. The van der Waals surface area contributed by atoms with E-state index in [0.717, 1.165) is 13.0 Å². The van der Waals surface area contributed by atoms with Crippen LogP contribution in [0.25, 0.3) is 10.9 Å². The molecule has 0 atom stereocenters. The molecule has 0 N–H and O–H groups in total. The van der Waals surface area contributed by atoms with E-state index in [2.05, 4.69) is 71.2 Å². The first-order valence-electron chi connectivity index (χ1n) is 6.73. The number of hydrogen-bond acceptors (Lipinski definition) is 1. The van der Waals surface area contributed by atoms with Crippen molar-refractivity contribution in [3.05, 3.63) is 60.3 Å². The molecular weight excluding hydrogens is 232 g/mol. The van der Waals surface area contributed by atoms with E-state index >= 15 is 0 Å². The Hall–Kier alpha value is -2.22. The molecule has 0 amide bonds. The van der Waals surface area contributed by atoms with Crippen LogP contribution in [0.1, 0.15) is 5.56 Å². The Labute approximate surface area is 112 Å². The van der Waals surface area contributed by atoms with Crippen LogP contribution in [0.3, 0.4) is 0 Å². The first-order valence-corrected chi connectivity index (χ1v) is 6.73. The zero-order chi connectivity index (χ0) is 12.8. The van der Waals surface area contributed by atoms with Gasteiger partial charge in [0.2, 0.25) is 0 Å². The second kappa shape index (κ2) is 3.89. The minimum absolute atomic E-state index is 1.08. The fourth-order valence-corrected chi connectivity index (χ4v) is 3.04. The van der Waals surface area contributed by atoms with Gasteiger partial charge >= 0.3 is 0 Å². The summed E-state index contributed by atoms with van der Waals surface area (Å²) in [5, 5.41) is 1.31. The molecule has 1 aliphatic heterocycles. The van der Waals surface area contributed by atoms with Crippen molar-refractivity contribution in [2.24, 2.45) is 7.05 Å². The minimum atomic E-state index is 1.08. The molecule has 19 heavy (non-hydrogen) atoms. The summed E-state index contributed by atoms with van der Waals surface area (Å²) in [6.07, 6.45) is 3.26. The topological polar surface area (TPSA) is 8.17 Å². The van der Waals surface area contributed by atoms with Gasteiger partial charge < -0.3 is 9.47 Å². The number of fused-ring (bicyclic) bond motifs is 2. The second-order valence-electron chi connectivity index (χ2n) is 5.20. The van der Waals surface area contributed by atoms with Crippen molar-refractivity contribution in [2.75, 3.05) is 11.4 Å². The first kappa shape index (κ1) is 10.7. The molecule has 2 heterocycles. The van der Waals surface area contributed by atoms with Crippen LogP contribution in [0.15, 0.2) is 54.7 Å². The van der Waals surface area contributed by atoms with Crippen molar-refractivity contribution < 1.29 is 0 Å². The zero-order valence-electron chi connectivity index (χ0n) is 11.0. The lowest BCUT2D eigenvalue weighted by Gasteiger charge is -2.19. The summed E-state index contributed by atoms with van der Waals surface area (Å²) < 4.78 is 2.16. The molecule has 1 aromatic heterocycles. The van der Waals surface area contributed by atoms with Gasteiger partial charge in [-0.15, -0.1) is 0 Å². The highest BCUT2D eigenvalue weighted by Gasteiger charge is 2.19. The third-order valence-electron chi connectivity index (χ3n) is 4.07. The van der Waals surface area contributed by atoms with Gasteiger partial charge in [-0.2, -0.15) is 0 Å². The molecule has 0 saturated heterocycles. The summed E-state index contributed by atoms with van der Waals surface area (Å²) in [6, 6.07) is 17.6. The van der Waals surface area contributed by atoms with Crippen molar-refractivity contribution in [1.29, 1.82) is 0 Å². The smallest absolute Gasteiger partial charge is 0.0479 e. The quantitative estimate of drug-likeness (QED) is 0.634. The van der Waals surface area contributed by atoms with Crippen molar-refractivity contribution in [3.63, 3.8) is 0 Å². The maximum absolute atomic E-state index is 2.42. The molecule has 2 heteroatoms. The number of anilines is 2. The number of benzene rings is 2. The van der Waals surface area contributed by atoms with Crippen LogP contribution in [0, 0.1) is 0 Å². The Morgan fingerprint density at radius 1 is 1.00 bits per heavy atom. The van der Waals surface area contributed by atoms with Crippen LogP contribution in [0.4, 0.5) is 11.4 Å². The van der Waals surface area contributed by atoms with Crippen molar-refractivity contribution >= 4 is 22.3 Å². The van der Waals surface area contributed by atoms with E-state index in [-0.39, 0.29) is 0 Å². The number of rotatable bonds is 1. The number of hydrogen-bond donors (Lipinski definition) is 0. The summed E-state index contributed by atoms with van der Waals surface area (Å²) in [7, 11) is 2.09. The van der Waals surface area contributed by atoms with Crippen LogP contribution in [0.5, 0.6) is 0 Å². The van der Waals surface area contributed by atoms with Crippen molar-refractivity contribution in [3.8, 4) is 0 Å². The normalized spacial score (nSPS) is 14.1. The lowest BCUT2D eigenvalue weighted by atomic mass is 10.1. The first-order chi connectivity index (χ1) is 9.33. The van der Waals surface area contributed by atoms with E-state index in [1.54, 1.807) is 0 Å². The van der Waals surface area contributed by atoms with Gasteiger partial charge in [-0.25, -0.2) is 0 Å². The predicted molar refractivity (Wildman–Crippen MR) is 80.1 cm³/mol. The summed E-state index contributed by atoms with van der Waals surface area (Å²) in [4.78, 5) is 2.42. The van der Waals surface area contributed by atoms with Gasteiger partial charge in [-0.3, -0.25) is 0 Å². The summed E-state index contributed by atoms with van der Waals surface area (Å²) >= 11 is 0. The molecule has 94 valence electrons. The Morgan fingerprint density at radius 3 is 2.84 bits per heavy atom. The Balaban J connectivity index is 1.83. The Bertz CT molecular complexity index is 755. The van der Waals surface area contributed by atoms with Gasteiger partial charge in [0.25, 0.3) is 0 Å². The molecule has 0 saturated carbocycles. The highest BCUT2D eigenvalue weighted by molar-refractivity contribution is 5.85. The summed E-state index contributed by atoms with van der Waals surface area (Å²) in [6.45, 7) is 1.08. The van der Waals surface area contributed by atoms with Crippen LogP contribution in [0.2, 0.25) is 0 Å². The molecule has 0 unspecified atom stereocenters. The van der Waals surface area contributed by atoms with Gasteiger partial charge in [0.15, 0.2) is 0 Å². The van der Waals surface area contributed by atoms with Gasteiger partial charge in [0.05, 0.1) is 0 Å². The van der Waals surface area contributed by atoms with Crippen LogP contribution in [-0.2, 0) is 13.5 Å². The molecular formula is C17H16N2. The van der Waals surface area contributed by atoms with Crippen LogP contribution < -0.4 is 4.90 Å².